The summed E-state index contributed by atoms with van der Waals surface area (Å²) in [4.78, 5) is 15.7. The topological polar surface area (TPSA) is 35.6 Å². The number of hydrogen-bond acceptors (Lipinski definition) is 3. The molecule has 0 saturated carbocycles. The van der Waals surface area contributed by atoms with E-state index < -0.39 is 0 Å². The molecule has 2 aromatic rings. The summed E-state index contributed by atoms with van der Waals surface area (Å²) in [6, 6.07) is 15.8. The van der Waals surface area contributed by atoms with Crippen molar-refractivity contribution in [2.75, 3.05) is 37.6 Å². The van der Waals surface area contributed by atoms with Crippen LogP contribution in [0.15, 0.2) is 48.5 Å². The highest BCUT2D eigenvalue weighted by atomic mass is 19.1. The molecule has 1 aliphatic heterocycles. The predicted octanol–water partition coefficient (Wildman–Crippen LogP) is 3.39. The average molecular weight is 369 g/mol. The number of benzene rings is 2. The first-order valence-electron chi connectivity index (χ1n) is 9.61. The van der Waals surface area contributed by atoms with Crippen molar-refractivity contribution < 1.29 is 9.18 Å². The fourth-order valence-electron chi connectivity index (χ4n) is 3.58. The fourth-order valence-corrected chi connectivity index (χ4v) is 3.58. The summed E-state index contributed by atoms with van der Waals surface area (Å²) in [7, 11) is 0. The van der Waals surface area contributed by atoms with Crippen LogP contribution in [-0.4, -0.2) is 43.5 Å². The smallest absolute Gasteiger partial charge is 0.216 e. The molecule has 0 aliphatic carbocycles. The van der Waals surface area contributed by atoms with Crippen LogP contribution in [0.1, 0.15) is 31.0 Å². The van der Waals surface area contributed by atoms with Gasteiger partial charge >= 0.3 is 0 Å². The van der Waals surface area contributed by atoms with Crippen molar-refractivity contribution in [3.8, 4) is 0 Å². The Morgan fingerprint density at radius 1 is 1.04 bits per heavy atom. The van der Waals surface area contributed by atoms with Crippen LogP contribution in [0, 0.1) is 5.82 Å². The van der Waals surface area contributed by atoms with Crippen LogP contribution in [-0.2, 0) is 11.2 Å². The lowest BCUT2D eigenvalue weighted by Crippen LogP contribution is -2.47. The maximum Gasteiger partial charge on any atom is 0.216 e. The van der Waals surface area contributed by atoms with Crippen molar-refractivity contribution >= 4 is 11.6 Å². The molecule has 0 unspecified atom stereocenters. The van der Waals surface area contributed by atoms with Gasteiger partial charge in [0.15, 0.2) is 0 Å². The summed E-state index contributed by atoms with van der Waals surface area (Å²) in [5.41, 5.74) is 3.64. The molecule has 4 nitrogen and oxygen atoms in total. The summed E-state index contributed by atoms with van der Waals surface area (Å²) in [6.45, 7) is 8.34. The molecule has 2 aromatic carbocycles. The summed E-state index contributed by atoms with van der Waals surface area (Å²) in [5, 5.41) is 2.83. The summed E-state index contributed by atoms with van der Waals surface area (Å²) in [6.07, 6.45) is 0.852. The maximum atomic E-state index is 13.1. The molecule has 1 heterocycles. The van der Waals surface area contributed by atoms with E-state index in [1.807, 2.05) is 12.1 Å². The summed E-state index contributed by atoms with van der Waals surface area (Å²) < 4.78 is 13.1. The van der Waals surface area contributed by atoms with Gasteiger partial charge in [-0.25, -0.2) is 4.39 Å². The Morgan fingerprint density at radius 3 is 2.26 bits per heavy atom. The van der Waals surface area contributed by atoms with E-state index in [2.05, 4.69) is 46.3 Å². The average Bonchev–Trinajstić information content (AvgIpc) is 2.68. The number of carbonyl (C=O) groups is 1. The van der Waals surface area contributed by atoms with E-state index >= 15 is 0 Å². The number of nitrogens with zero attached hydrogens (tertiary/aromatic N) is 2. The first-order chi connectivity index (χ1) is 13.0. The van der Waals surface area contributed by atoms with Crippen molar-refractivity contribution in [1.82, 2.24) is 10.2 Å². The lowest BCUT2D eigenvalue weighted by Gasteiger charge is -2.39. The Bertz CT molecular complexity index is 737. The molecule has 1 aliphatic rings. The quantitative estimate of drug-likeness (QED) is 0.848. The Balaban J connectivity index is 1.52. The summed E-state index contributed by atoms with van der Waals surface area (Å²) in [5.74, 6) is -0.174. The molecule has 144 valence electrons. The Hall–Kier alpha value is -2.40. The molecule has 1 atom stereocenters. The minimum Gasteiger partial charge on any atom is -0.369 e. The van der Waals surface area contributed by atoms with E-state index in [-0.39, 0.29) is 11.7 Å². The first-order valence-corrected chi connectivity index (χ1v) is 9.61. The number of hydrogen-bond donors (Lipinski definition) is 1. The van der Waals surface area contributed by atoms with E-state index in [4.69, 9.17) is 0 Å². The largest absolute Gasteiger partial charge is 0.369 e. The van der Waals surface area contributed by atoms with E-state index in [1.165, 1.54) is 23.3 Å². The van der Waals surface area contributed by atoms with Crippen molar-refractivity contribution in [3.63, 3.8) is 0 Å². The normalized spacial score (nSPS) is 16.2. The number of halogens is 1. The lowest BCUT2D eigenvalue weighted by atomic mass is 10.0. The van der Waals surface area contributed by atoms with Gasteiger partial charge in [0.25, 0.3) is 0 Å². The molecule has 0 bridgehead atoms. The number of rotatable bonds is 6. The third-order valence-electron chi connectivity index (χ3n) is 5.30. The predicted molar refractivity (Wildman–Crippen MR) is 107 cm³/mol. The Labute approximate surface area is 161 Å². The first kappa shape index (κ1) is 19.4. The van der Waals surface area contributed by atoms with Crippen molar-refractivity contribution in [2.24, 2.45) is 0 Å². The zero-order valence-electron chi connectivity index (χ0n) is 16.1. The van der Waals surface area contributed by atoms with Gasteiger partial charge in [-0.2, -0.15) is 0 Å². The van der Waals surface area contributed by atoms with Crippen LogP contribution >= 0.6 is 0 Å². The third-order valence-corrected chi connectivity index (χ3v) is 5.30. The Morgan fingerprint density at radius 2 is 1.67 bits per heavy atom. The molecule has 27 heavy (non-hydrogen) atoms. The van der Waals surface area contributed by atoms with Gasteiger partial charge in [0.1, 0.15) is 5.82 Å². The number of amides is 1. The molecule has 1 saturated heterocycles. The molecule has 0 radical (unpaired) electrons. The van der Waals surface area contributed by atoms with E-state index in [0.717, 1.165) is 38.3 Å². The van der Waals surface area contributed by atoms with Gasteiger partial charge in [0.2, 0.25) is 5.91 Å². The van der Waals surface area contributed by atoms with E-state index in [1.54, 1.807) is 6.92 Å². The molecular weight excluding hydrogens is 341 g/mol. The zero-order chi connectivity index (χ0) is 19.2. The van der Waals surface area contributed by atoms with Crippen LogP contribution in [0.25, 0.3) is 0 Å². The van der Waals surface area contributed by atoms with Crippen LogP contribution in [0.5, 0.6) is 0 Å². The Kier molecular flexibility index (Phi) is 6.45. The zero-order valence-corrected chi connectivity index (χ0v) is 16.1. The SMILES string of the molecule is CC(=O)NCCc1ccc([C@H](C)N2CCN(c3ccc(F)cc3)CC2)cc1. The van der Waals surface area contributed by atoms with Crippen molar-refractivity contribution in [3.05, 3.63) is 65.5 Å². The molecule has 0 aromatic heterocycles. The molecule has 1 fully saturated rings. The van der Waals surface area contributed by atoms with Crippen LogP contribution < -0.4 is 10.2 Å². The molecule has 3 rings (SSSR count). The minimum atomic E-state index is -0.188. The van der Waals surface area contributed by atoms with Gasteiger partial charge in [-0.05, 0) is 48.7 Å². The highest BCUT2D eigenvalue weighted by Crippen LogP contribution is 2.24. The molecular formula is C22H28FN3O. The monoisotopic (exact) mass is 369 g/mol. The number of carbonyl (C=O) groups excluding carboxylic acids is 1. The van der Waals surface area contributed by atoms with Crippen molar-refractivity contribution in [1.29, 1.82) is 0 Å². The van der Waals surface area contributed by atoms with E-state index in [9.17, 15) is 9.18 Å². The highest BCUT2D eigenvalue weighted by Gasteiger charge is 2.22. The second kappa shape index (κ2) is 9.00. The highest BCUT2D eigenvalue weighted by molar-refractivity contribution is 5.72. The van der Waals surface area contributed by atoms with Gasteiger partial charge in [0, 0.05) is 51.4 Å². The molecule has 0 spiro atoms. The van der Waals surface area contributed by atoms with Crippen LogP contribution in [0.4, 0.5) is 10.1 Å². The molecule has 5 heteroatoms. The fraction of sp³-hybridized carbons (Fsp3) is 0.409. The van der Waals surface area contributed by atoms with Gasteiger partial charge in [-0.3, -0.25) is 9.69 Å². The second-order valence-corrected chi connectivity index (χ2v) is 7.15. The standard InChI is InChI=1S/C22H28FN3O/c1-17(20-5-3-19(4-6-20)11-12-24-18(2)27)25-13-15-26(16-14-25)22-9-7-21(23)8-10-22/h3-10,17H,11-16H2,1-2H3,(H,24,27)/t17-/m0/s1. The summed E-state index contributed by atoms with van der Waals surface area (Å²) >= 11 is 0. The third kappa shape index (κ3) is 5.30. The molecule has 1 amide bonds. The molecule has 1 N–H and O–H groups in total. The maximum absolute atomic E-state index is 13.1. The van der Waals surface area contributed by atoms with Crippen LogP contribution in [0.3, 0.4) is 0 Å². The number of nitrogens with one attached hydrogen (secondary N) is 1. The van der Waals surface area contributed by atoms with E-state index in [0.29, 0.717) is 12.6 Å². The van der Waals surface area contributed by atoms with Crippen molar-refractivity contribution in [2.45, 2.75) is 26.3 Å². The van der Waals surface area contributed by atoms with Gasteiger partial charge < -0.3 is 10.2 Å². The minimum absolute atomic E-state index is 0.0139. The number of anilines is 1. The van der Waals surface area contributed by atoms with Crippen LogP contribution in [0.2, 0.25) is 0 Å². The second-order valence-electron chi connectivity index (χ2n) is 7.15. The number of piperazine rings is 1. The van der Waals surface area contributed by atoms with Gasteiger partial charge in [0.05, 0.1) is 0 Å². The lowest BCUT2D eigenvalue weighted by molar-refractivity contribution is -0.118. The van der Waals surface area contributed by atoms with Gasteiger partial charge in [-0.15, -0.1) is 0 Å². The van der Waals surface area contributed by atoms with Gasteiger partial charge in [-0.1, -0.05) is 24.3 Å².